The topological polar surface area (TPSA) is 17.1 Å². The first kappa shape index (κ1) is 20.0. The first-order valence-electron chi connectivity index (χ1n) is 11.5. The van der Waals surface area contributed by atoms with Crippen LogP contribution in [0.1, 0.15) is 55.4 Å². The predicted octanol–water partition coefficient (Wildman–Crippen LogP) is 7.01. The minimum Gasteiger partial charge on any atom is -0.294 e. The minimum absolute atomic E-state index is 0.140. The molecule has 2 saturated carbocycles. The van der Waals surface area contributed by atoms with Crippen LogP contribution in [-0.4, -0.2) is 5.78 Å². The highest BCUT2D eigenvalue weighted by Gasteiger charge is 2.87. The van der Waals surface area contributed by atoms with E-state index in [2.05, 4.69) is 122 Å². The quantitative estimate of drug-likeness (QED) is 0.427. The maximum absolute atomic E-state index is 14.6. The van der Waals surface area contributed by atoms with Crippen molar-refractivity contribution in [2.75, 3.05) is 0 Å². The molecule has 5 rings (SSSR count). The van der Waals surface area contributed by atoms with Gasteiger partial charge in [-0.3, -0.25) is 4.79 Å². The minimum atomic E-state index is -0.541. The zero-order valence-corrected chi connectivity index (χ0v) is 19.8. The number of Topliss-reactive ketones (excluding diaryl/α,β-unsaturated/α-hetero) is 1. The van der Waals surface area contributed by atoms with Crippen molar-refractivity contribution in [3.63, 3.8) is 0 Å². The summed E-state index contributed by atoms with van der Waals surface area (Å²) in [7, 11) is 0. The molecule has 5 aliphatic carbocycles. The number of rotatable bonds is 0. The lowest BCUT2D eigenvalue weighted by molar-refractivity contribution is -0.264. The number of carbonyl (C=O) groups excluding carboxylic acids is 1. The fraction of sp³-hybridized carbons (Fsp3) is 0.552. The van der Waals surface area contributed by atoms with E-state index in [0.29, 0.717) is 11.7 Å². The summed E-state index contributed by atoms with van der Waals surface area (Å²) in [5.41, 5.74) is -0.881. The third-order valence-electron chi connectivity index (χ3n) is 12.1. The van der Waals surface area contributed by atoms with Crippen LogP contribution in [-0.2, 0) is 4.79 Å². The van der Waals surface area contributed by atoms with Gasteiger partial charge in [0.2, 0.25) is 0 Å². The standard InChI is InChI=1S/C29H36O/c1-20-14-13-15-21-22(30)28(7)25(4)18-11-9-16-23(25,2)24(3)17-10-12-19-26(24,5)29(28,8)27(20,21)6/h9-20H,1-8H3. The highest BCUT2D eigenvalue weighted by molar-refractivity contribution is 6.07. The van der Waals surface area contributed by atoms with Crippen LogP contribution in [0.25, 0.3) is 0 Å². The van der Waals surface area contributed by atoms with Crippen LogP contribution in [0.15, 0.2) is 72.4 Å². The lowest BCUT2D eigenvalue weighted by Crippen LogP contribution is -2.76. The zero-order chi connectivity index (χ0) is 22.0. The van der Waals surface area contributed by atoms with Gasteiger partial charge in [-0.1, -0.05) is 122 Å². The van der Waals surface area contributed by atoms with Crippen molar-refractivity contribution in [1.82, 2.24) is 0 Å². The van der Waals surface area contributed by atoms with Gasteiger partial charge in [0.05, 0.1) is 0 Å². The molecular weight excluding hydrogens is 364 g/mol. The molecule has 0 aromatic heterocycles. The normalized spacial score (nSPS) is 57.5. The van der Waals surface area contributed by atoms with Gasteiger partial charge in [-0.25, -0.2) is 0 Å². The summed E-state index contributed by atoms with van der Waals surface area (Å²) in [6.07, 6.45) is 25.0. The van der Waals surface area contributed by atoms with Crippen LogP contribution in [0.5, 0.6) is 0 Å². The van der Waals surface area contributed by atoms with Crippen LogP contribution in [0, 0.1) is 43.8 Å². The molecule has 0 amide bonds. The average Bonchev–Trinajstić information content (AvgIpc) is 2.85. The lowest BCUT2D eigenvalue weighted by Gasteiger charge is -2.78. The van der Waals surface area contributed by atoms with E-state index in [-0.39, 0.29) is 32.5 Å². The second-order valence-corrected chi connectivity index (χ2v) is 11.8. The van der Waals surface area contributed by atoms with Crippen molar-refractivity contribution >= 4 is 5.78 Å². The van der Waals surface area contributed by atoms with E-state index in [0.717, 1.165) is 5.57 Å². The number of carbonyl (C=O) groups is 1. The van der Waals surface area contributed by atoms with Crippen LogP contribution in [0.4, 0.5) is 0 Å². The number of ketones is 1. The van der Waals surface area contributed by atoms with Crippen LogP contribution in [0.3, 0.4) is 0 Å². The van der Waals surface area contributed by atoms with Crippen molar-refractivity contribution in [2.24, 2.45) is 43.8 Å². The van der Waals surface area contributed by atoms with E-state index in [1.807, 2.05) is 0 Å². The predicted molar refractivity (Wildman–Crippen MR) is 125 cm³/mol. The van der Waals surface area contributed by atoms with Gasteiger partial charge >= 0.3 is 0 Å². The first-order chi connectivity index (χ1) is 13.8. The highest BCUT2D eigenvalue weighted by Crippen LogP contribution is 2.88. The molecule has 2 fully saturated rings. The van der Waals surface area contributed by atoms with E-state index in [1.165, 1.54) is 0 Å². The molecule has 0 radical (unpaired) electrons. The monoisotopic (exact) mass is 400 g/mol. The summed E-state index contributed by atoms with van der Waals surface area (Å²) < 4.78 is 0. The van der Waals surface area contributed by atoms with Crippen molar-refractivity contribution < 1.29 is 4.79 Å². The SMILES string of the molecule is CC1C=CC=C2C(=O)C3(C)C4(C)C=CC=CC4(C)C4(C)C=CC=CC4(C)C3(C)C21C. The van der Waals surface area contributed by atoms with Gasteiger partial charge < -0.3 is 0 Å². The fourth-order valence-electron chi connectivity index (χ4n) is 9.28. The van der Waals surface area contributed by atoms with E-state index in [4.69, 9.17) is 0 Å². The largest absolute Gasteiger partial charge is 0.294 e. The average molecular weight is 401 g/mol. The molecule has 1 nitrogen and oxygen atoms in total. The third kappa shape index (κ3) is 1.43. The Balaban J connectivity index is 2.00. The molecule has 0 aromatic carbocycles. The Bertz CT molecular complexity index is 1050. The van der Waals surface area contributed by atoms with Crippen molar-refractivity contribution in [1.29, 1.82) is 0 Å². The molecule has 0 N–H and O–H groups in total. The van der Waals surface area contributed by atoms with E-state index < -0.39 is 5.41 Å². The number of hydrogen-bond acceptors (Lipinski definition) is 1. The maximum atomic E-state index is 14.6. The third-order valence-corrected chi connectivity index (χ3v) is 12.1. The molecule has 0 saturated heterocycles. The van der Waals surface area contributed by atoms with E-state index in [9.17, 15) is 4.79 Å². The van der Waals surface area contributed by atoms with Crippen LogP contribution < -0.4 is 0 Å². The molecule has 0 aliphatic heterocycles. The molecular formula is C29H36O. The van der Waals surface area contributed by atoms with Gasteiger partial charge in [0.25, 0.3) is 0 Å². The number of hydrogen-bond donors (Lipinski definition) is 0. The molecule has 30 heavy (non-hydrogen) atoms. The molecule has 0 aromatic rings. The van der Waals surface area contributed by atoms with Gasteiger partial charge in [0.1, 0.15) is 0 Å². The molecule has 1 heteroatoms. The molecule has 0 bridgehead atoms. The van der Waals surface area contributed by atoms with Gasteiger partial charge in [-0.15, -0.1) is 0 Å². The van der Waals surface area contributed by atoms with Crippen LogP contribution in [0.2, 0.25) is 0 Å². The second-order valence-electron chi connectivity index (χ2n) is 11.8. The van der Waals surface area contributed by atoms with Gasteiger partial charge in [-0.05, 0) is 5.92 Å². The summed E-state index contributed by atoms with van der Waals surface area (Å²) >= 11 is 0. The fourth-order valence-corrected chi connectivity index (χ4v) is 9.28. The number of fused-ring (bicyclic) bond motifs is 8. The Morgan fingerprint density at radius 3 is 1.70 bits per heavy atom. The molecule has 5 aliphatic rings. The zero-order valence-electron chi connectivity index (χ0n) is 19.8. The maximum Gasteiger partial charge on any atom is 0.166 e. The summed E-state index contributed by atoms with van der Waals surface area (Å²) in [5, 5.41) is 0. The second kappa shape index (κ2) is 5.12. The summed E-state index contributed by atoms with van der Waals surface area (Å²) in [6, 6.07) is 0. The van der Waals surface area contributed by atoms with Gasteiger partial charge in [-0.2, -0.15) is 0 Å². The summed E-state index contributed by atoms with van der Waals surface area (Å²) in [4.78, 5) is 14.6. The van der Waals surface area contributed by atoms with E-state index in [1.54, 1.807) is 0 Å². The Morgan fingerprint density at radius 1 is 0.667 bits per heavy atom. The van der Waals surface area contributed by atoms with Crippen molar-refractivity contribution in [3.8, 4) is 0 Å². The van der Waals surface area contributed by atoms with Crippen molar-refractivity contribution in [3.05, 3.63) is 72.4 Å². The van der Waals surface area contributed by atoms with Crippen LogP contribution >= 0.6 is 0 Å². The van der Waals surface area contributed by atoms with Crippen molar-refractivity contribution in [2.45, 2.75) is 55.4 Å². The summed E-state index contributed by atoms with van der Waals surface area (Å²) in [5.74, 6) is 0.647. The van der Waals surface area contributed by atoms with E-state index >= 15 is 0 Å². The van der Waals surface area contributed by atoms with Gasteiger partial charge in [0.15, 0.2) is 5.78 Å². The molecule has 0 spiro atoms. The Morgan fingerprint density at radius 2 is 1.13 bits per heavy atom. The Hall–Kier alpha value is -1.89. The summed E-state index contributed by atoms with van der Waals surface area (Å²) in [6.45, 7) is 19.1. The smallest absolute Gasteiger partial charge is 0.166 e. The molecule has 8 unspecified atom stereocenters. The molecule has 0 heterocycles. The molecule has 8 atom stereocenters. The van der Waals surface area contributed by atoms with Gasteiger partial charge in [0, 0.05) is 43.5 Å². The lowest BCUT2D eigenvalue weighted by atomic mass is 9.23. The Labute approximate surface area is 182 Å². The first-order valence-corrected chi connectivity index (χ1v) is 11.5. The highest BCUT2D eigenvalue weighted by atomic mass is 16.1. The molecule has 158 valence electrons. The number of allylic oxidation sites excluding steroid dienone is 12. The Kier molecular flexibility index (Phi) is 3.42.